The first-order valence-corrected chi connectivity index (χ1v) is 11.1. The van der Waals surface area contributed by atoms with Gasteiger partial charge in [-0.1, -0.05) is 12.8 Å². The molecule has 1 aliphatic carbocycles. The summed E-state index contributed by atoms with van der Waals surface area (Å²) < 4.78 is 44.1. The molecular formula is C19H25FN2O5S. The summed E-state index contributed by atoms with van der Waals surface area (Å²) >= 11 is 0. The second-order valence-electron chi connectivity index (χ2n) is 7.28. The van der Waals surface area contributed by atoms with Gasteiger partial charge in [0.15, 0.2) is 6.61 Å². The summed E-state index contributed by atoms with van der Waals surface area (Å²) in [6.45, 7) is -0.311. The molecule has 1 saturated carbocycles. The van der Waals surface area contributed by atoms with Gasteiger partial charge in [0.05, 0.1) is 4.90 Å². The predicted molar refractivity (Wildman–Crippen MR) is 99.2 cm³/mol. The standard InChI is InChI=1S/C19H25FN2O5S/c20-15-7-9-16(10-8-15)28(25,26)21-12-19(24)27-13-18(23)22-11-3-5-14-4-1-2-6-17(14)22/h7-10,14,17,21H,1-6,11-13H2/t14-,17+/m1/s1. The Morgan fingerprint density at radius 2 is 1.79 bits per heavy atom. The first-order chi connectivity index (χ1) is 13.4. The number of halogens is 1. The lowest BCUT2D eigenvalue weighted by molar-refractivity contribution is -0.154. The molecule has 1 aromatic rings. The Morgan fingerprint density at radius 1 is 1.11 bits per heavy atom. The van der Waals surface area contributed by atoms with Crippen molar-refractivity contribution in [2.75, 3.05) is 19.7 Å². The van der Waals surface area contributed by atoms with Crippen molar-refractivity contribution in [2.45, 2.75) is 49.5 Å². The summed E-state index contributed by atoms with van der Waals surface area (Å²) in [5, 5.41) is 0. The van der Waals surface area contributed by atoms with Crippen molar-refractivity contribution < 1.29 is 27.1 Å². The van der Waals surface area contributed by atoms with Crippen LogP contribution in [0, 0.1) is 11.7 Å². The van der Waals surface area contributed by atoms with E-state index in [2.05, 4.69) is 4.72 Å². The maximum atomic E-state index is 12.9. The molecule has 1 amide bonds. The third-order valence-corrected chi connectivity index (χ3v) is 6.87. The van der Waals surface area contributed by atoms with Crippen molar-refractivity contribution in [3.8, 4) is 0 Å². The van der Waals surface area contributed by atoms with Gasteiger partial charge in [0.2, 0.25) is 10.0 Å². The fraction of sp³-hybridized carbons (Fsp3) is 0.579. The van der Waals surface area contributed by atoms with Crippen LogP contribution in [0.3, 0.4) is 0 Å². The lowest BCUT2D eigenvalue weighted by Crippen LogP contribution is -2.51. The number of hydrogen-bond donors (Lipinski definition) is 1. The number of amides is 1. The number of fused-ring (bicyclic) bond motifs is 1. The summed E-state index contributed by atoms with van der Waals surface area (Å²) in [7, 11) is -3.96. The van der Waals surface area contributed by atoms with Gasteiger partial charge in [0.25, 0.3) is 5.91 Å². The van der Waals surface area contributed by atoms with Gasteiger partial charge < -0.3 is 9.64 Å². The number of sulfonamides is 1. The van der Waals surface area contributed by atoms with Crippen LogP contribution in [0.15, 0.2) is 29.2 Å². The van der Waals surface area contributed by atoms with E-state index in [1.54, 1.807) is 0 Å². The van der Waals surface area contributed by atoms with Crippen LogP contribution in [0.25, 0.3) is 0 Å². The van der Waals surface area contributed by atoms with E-state index in [1.807, 2.05) is 4.90 Å². The normalized spacial score (nSPS) is 22.4. The van der Waals surface area contributed by atoms with Crippen LogP contribution in [-0.4, -0.2) is 50.9 Å². The molecule has 3 rings (SSSR count). The number of nitrogens with one attached hydrogen (secondary N) is 1. The second-order valence-corrected chi connectivity index (χ2v) is 9.05. The zero-order valence-electron chi connectivity index (χ0n) is 15.6. The van der Waals surface area contributed by atoms with Gasteiger partial charge in [-0.2, -0.15) is 4.72 Å². The largest absolute Gasteiger partial charge is 0.455 e. The molecule has 0 unspecified atom stereocenters. The molecule has 1 heterocycles. The van der Waals surface area contributed by atoms with E-state index in [-0.39, 0.29) is 23.5 Å². The van der Waals surface area contributed by atoms with Gasteiger partial charge in [-0.05, 0) is 55.9 Å². The molecule has 1 aliphatic heterocycles. The average Bonchev–Trinajstić information content (AvgIpc) is 2.70. The van der Waals surface area contributed by atoms with Crippen molar-refractivity contribution >= 4 is 21.9 Å². The molecule has 1 saturated heterocycles. The minimum atomic E-state index is -3.96. The van der Waals surface area contributed by atoms with Crippen LogP contribution < -0.4 is 4.72 Å². The Kier molecular flexibility index (Phi) is 6.66. The molecule has 1 N–H and O–H groups in total. The lowest BCUT2D eigenvalue weighted by Gasteiger charge is -2.44. The van der Waals surface area contributed by atoms with Gasteiger partial charge in [0, 0.05) is 12.6 Å². The van der Waals surface area contributed by atoms with Gasteiger partial charge in [0.1, 0.15) is 12.4 Å². The predicted octanol–water partition coefficient (Wildman–Crippen LogP) is 1.83. The van der Waals surface area contributed by atoms with Crippen LogP contribution in [0.4, 0.5) is 4.39 Å². The highest BCUT2D eigenvalue weighted by Gasteiger charge is 2.35. The number of nitrogens with zero attached hydrogens (tertiary/aromatic N) is 1. The van der Waals surface area contributed by atoms with Crippen LogP contribution in [-0.2, 0) is 24.3 Å². The first-order valence-electron chi connectivity index (χ1n) is 9.57. The van der Waals surface area contributed by atoms with Crippen molar-refractivity contribution in [3.05, 3.63) is 30.1 Å². The zero-order valence-corrected chi connectivity index (χ0v) is 16.4. The van der Waals surface area contributed by atoms with Crippen LogP contribution in [0.2, 0.25) is 0 Å². The highest BCUT2D eigenvalue weighted by Crippen LogP contribution is 2.35. The zero-order chi connectivity index (χ0) is 20.1. The van der Waals surface area contributed by atoms with Crippen molar-refractivity contribution in [3.63, 3.8) is 0 Å². The summed E-state index contributed by atoms with van der Waals surface area (Å²) in [6.07, 6.45) is 6.53. The van der Waals surface area contributed by atoms with Gasteiger partial charge in [-0.25, -0.2) is 12.8 Å². The van der Waals surface area contributed by atoms with E-state index in [9.17, 15) is 22.4 Å². The van der Waals surface area contributed by atoms with Crippen LogP contribution in [0.1, 0.15) is 38.5 Å². The quantitative estimate of drug-likeness (QED) is 0.720. The van der Waals surface area contributed by atoms with Crippen molar-refractivity contribution in [1.82, 2.24) is 9.62 Å². The Bertz CT molecular complexity index is 810. The molecule has 28 heavy (non-hydrogen) atoms. The van der Waals surface area contributed by atoms with Gasteiger partial charge in [-0.3, -0.25) is 9.59 Å². The van der Waals surface area contributed by atoms with E-state index >= 15 is 0 Å². The number of likely N-dealkylation sites (tertiary alicyclic amines) is 1. The number of ether oxygens (including phenoxy) is 1. The molecular weight excluding hydrogens is 387 g/mol. The first kappa shape index (κ1) is 20.7. The monoisotopic (exact) mass is 412 g/mol. The SMILES string of the molecule is O=C(CNS(=O)(=O)c1ccc(F)cc1)OCC(=O)N1CCC[C@H]2CCCC[C@@H]21. The van der Waals surface area contributed by atoms with Gasteiger partial charge >= 0.3 is 5.97 Å². The number of esters is 1. The van der Waals surface area contributed by atoms with E-state index < -0.39 is 28.4 Å². The Balaban J connectivity index is 1.47. The second kappa shape index (κ2) is 9.00. The topological polar surface area (TPSA) is 92.8 Å². The number of rotatable bonds is 6. The van der Waals surface area contributed by atoms with Crippen molar-refractivity contribution in [1.29, 1.82) is 0 Å². The number of piperidine rings is 1. The highest BCUT2D eigenvalue weighted by atomic mass is 32.2. The maximum absolute atomic E-state index is 12.9. The molecule has 1 aromatic carbocycles. The molecule has 7 nitrogen and oxygen atoms in total. The summed E-state index contributed by atoms with van der Waals surface area (Å²) in [6, 6.07) is 4.46. The third-order valence-electron chi connectivity index (χ3n) is 5.45. The van der Waals surface area contributed by atoms with Crippen LogP contribution >= 0.6 is 0 Å². The molecule has 0 radical (unpaired) electrons. The van der Waals surface area contributed by atoms with Gasteiger partial charge in [-0.15, -0.1) is 0 Å². The Hall–Kier alpha value is -2.00. The third kappa shape index (κ3) is 5.08. The number of carbonyl (C=O) groups is 2. The molecule has 0 bridgehead atoms. The minimum absolute atomic E-state index is 0.158. The smallest absolute Gasteiger partial charge is 0.321 e. The molecule has 154 valence electrons. The Morgan fingerprint density at radius 3 is 2.54 bits per heavy atom. The molecule has 2 aliphatic rings. The molecule has 2 fully saturated rings. The van der Waals surface area contributed by atoms with Crippen molar-refractivity contribution in [2.24, 2.45) is 5.92 Å². The summed E-state index contributed by atoms with van der Waals surface area (Å²) in [4.78, 5) is 26.0. The molecule has 2 atom stereocenters. The van der Waals surface area contributed by atoms with E-state index in [4.69, 9.17) is 4.74 Å². The fourth-order valence-electron chi connectivity index (χ4n) is 4.06. The van der Waals surface area contributed by atoms with E-state index in [0.29, 0.717) is 12.5 Å². The van der Waals surface area contributed by atoms with E-state index in [1.165, 1.54) is 6.42 Å². The lowest BCUT2D eigenvalue weighted by atomic mass is 9.78. The summed E-state index contributed by atoms with van der Waals surface area (Å²) in [5.41, 5.74) is 0. The molecule has 0 aromatic heterocycles. The van der Waals surface area contributed by atoms with Crippen LogP contribution in [0.5, 0.6) is 0 Å². The Labute approximate surface area is 164 Å². The van der Waals surface area contributed by atoms with E-state index in [0.717, 1.165) is 56.4 Å². The average molecular weight is 412 g/mol. The summed E-state index contributed by atoms with van der Waals surface area (Å²) in [5.74, 6) is -1.10. The fourth-order valence-corrected chi connectivity index (χ4v) is 5.03. The minimum Gasteiger partial charge on any atom is -0.455 e. The number of benzene rings is 1. The number of carbonyl (C=O) groups excluding carboxylic acids is 2. The number of hydrogen-bond acceptors (Lipinski definition) is 5. The highest BCUT2D eigenvalue weighted by molar-refractivity contribution is 7.89. The molecule has 9 heteroatoms. The molecule has 0 spiro atoms. The maximum Gasteiger partial charge on any atom is 0.321 e.